The number of hydrogen-bond donors (Lipinski definition) is 0. The molecular formula is C16H14BrFN2O2. The van der Waals surface area contributed by atoms with Gasteiger partial charge < -0.3 is 9.64 Å². The van der Waals surface area contributed by atoms with E-state index >= 15 is 0 Å². The predicted molar refractivity (Wildman–Crippen MR) is 85.1 cm³/mol. The van der Waals surface area contributed by atoms with Gasteiger partial charge in [-0.05, 0) is 30.3 Å². The molecule has 0 radical (unpaired) electrons. The quantitative estimate of drug-likeness (QED) is 0.461. The second-order valence-electron chi connectivity index (χ2n) is 4.71. The van der Waals surface area contributed by atoms with Crippen molar-refractivity contribution in [2.75, 3.05) is 14.1 Å². The summed E-state index contributed by atoms with van der Waals surface area (Å²) >= 11 is 3.32. The van der Waals surface area contributed by atoms with Crippen LogP contribution in [-0.4, -0.2) is 29.8 Å². The number of benzene rings is 1. The van der Waals surface area contributed by atoms with Crippen LogP contribution >= 0.6 is 15.9 Å². The fourth-order valence-corrected chi connectivity index (χ4v) is 1.98. The average molecular weight is 365 g/mol. The molecule has 0 unspecified atom stereocenters. The number of pyridine rings is 1. The van der Waals surface area contributed by atoms with Crippen molar-refractivity contribution in [3.05, 3.63) is 70.4 Å². The van der Waals surface area contributed by atoms with Crippen LogP contribution in [0.5, 0.6) is 5.88 Å². The maximum atomic E-state index is 13.0. The van der Waals surface area contributed by atoms with Crippen LogP contribution in [0.1, 0.15) is 10.4 Å². The van der Waals surface area contributed by atoms with E-state index in [9.17, 15) is 9.18 Å². The molecule has 6 heteroatoms. The van der Waals surface area contributed by atoms with Crippen molar-refractivity contribution in [3.8, 4) is 5.88 Å². The number of rotatable bonds is 5. The molecule has 0 aliphatic carbocycles. The smallest absolute Gasteiger partial charge is 0.229 e. The van der Waals surface area contributed by atoms with E-state index in [1.807, 2.05) is 0 Å². The van der Waals surface area contributed by atoms with Crippen molar-refractivity contribution >= 4 is 21.7 Å². The van der Waals surface area contributed by atoms with Gasteiger partial charge in [-0.3, -0.25) is 4.79 Å². The number of Topliss-reactive ketones (excluding diaryl/α,β-unsaturated/α-hetero) is 1. The molecule has 4 nitrogen and oxygen atoms in total. The molecule has 0 atom stereocenters. The zero-order valence-corrected chi connectivity index (χ0v) is 13.7. The second-order valence-corrected chi connectivity index (χ2v) is 5.62. The third-order valence-electron chi connectivity index (χ3n) is 2.62. The van der Waals surface area contributed by atoms with Crippen LogP contribution in [0, 0.1) is 5.82 Å². The Bertz CT molecular complexity index is 700. The van der Waals surface area contributed by atoms with Crippen molar-refractivity contribution in [3.63, 3.8) is 0 Å². The zero-order chi connectivity index (χ0) is 16.1. The molecule has 0 N–H and O–H groups in total. The molecule has 0 saturated carbocycles. The van der Waals surface area contributed by atoms with Crippen molar-refractivity contribution in [2.45, 2.75) is 0 Å². The SMILES string of the molecule is CN(C)C=C(Oc1cc(Br)ccn1)C(=O)c1ccc(F)cc1. The largest absolute Gasteiger partial charge is 0.433 e. The Morgan fingerprint density at radius 3 is 2.55 bits per heavy atom. The summed E-state index contributed by atoms with van der Waals surface area (Å²) in [6, 6.07) is 8.71. The van der Waals surface area contributed by atoms with E-state index in [4.69, 9.17) is 4.74 Å². The molecule has 114 valence electrons. The third kappa shape index (κ3) is 4.39. The highest BCUT2D eigenvalue weighted by Crippen LogP contribution is 2.19. The molecule has 2 rings (SSSR count). The van der Waals surface area contributed by atoms with Crippen molar-refractivity contribution < 1.29 is 13.9 Å². The molecule has 0 saturated heterocycles. The Balaban J connectivity index is 2.30. The summed E-state index contributed by atoms with van der Waals surface area (Å²) in [5.74, 6) is -0.361. The number of allylic oxidation sites excluding steroid dienone is 1. The van der Waals surface area contributed by atoms with Gasteiger partial charge in [0.1, 0.15) is 5.82 Å². The summed E-state index contributed by atoms with van der Waals surface area (Å²) in [6.45, 7) is 0. The van der Waals surface area contributed by atoms with Gasteiger partial charge in [-0.2, -0.15) is 0 Å². The lowest BCUT2D eigenvalue weighted by Gasteiger charge is -2.12. The first-order valence-electron chi connectivity index (χ1n) is 6.43. The molecule has 0 spiro atoms. The number of ether oxygens (including phenoxy) is 1. The van der Waals surface area contributed by atoms with Gasteiger partial charge in [0.05, 0.1) is 0 Å². The maximum absolute atomic E-state index is 13.0. The fraction of sp³-hybridized carbons (Fsp3) is 0.125. The highest BCUT2D eigenvalue weighted by atomic mass is 79.9. The van der Waals surface area contributed by atoms with Gasteiger partial charge in [0.25, 0.3) is 0 Å². The molecule has 1 aromatic heterocycles. The molecule has 0 aliphatic heterocycles. The van der Waals surface area contributed by atoms with Gasteiger partial charge in [-0.1, -0.05) is 15.9 Å². The summed E-state index contributed by atoms with van der Waals surface area (Å²) < 4.78 is 19.3. The summed E-state index contributed by atoms with van der Waals surface area (Å²) in [6.07, 6.45) is 3.11. The number of aromatic nitrogens is 1. The van der Waals surface area contributed by atoms with Crippen LogP contribution in [0.15, 0.2) is 59.0 Å². The molecule has 1 aromatic carbocycles. The fourth-order valence-electron chi connectivity index (χ4n) is 1.66. The first-order valence-corrected chi connectivity index (χ1v) is 7.23. The van der Waals surface area contributed by atoms with E-state index in [0.717, 1.165) is 4.47 Å². The first kappa shape index (κ1) is 16.2. The van der Waals surface area contributed by atoms with Gasteiger partial charge >= 0.3 is 0 Å². The lowest BCUT2D eigenvalue weighted by Crippen LogP contribution is -2.15. The van der Waals surface area contributed by atoms with Crippen LogP contribution in [0.25, 0.3) is 0 Å². The first-order chi connectivity index (χ1) is 10.5. The highest BCUT2D eigenvalue weighted by molar-refractivity contribution is 9.10. The summed E-state index contributed by atoms with van der Waals surface area (Å²) in [5, 5.41) is 0. The van der Waals surface area contributed by atoms with Gasteiger partial charge in [0.15, 0.2) is 5.76 Å². The lowest BCUT2D eigenvalue weighted by atomic mass is 10.1. The average Bonchev–Trinajstić information content (AvgIpc) is 2.46. The Morgan fingerprint density at radius 1 is 1.27 bits per heavy atom. The molecule has 0 amide bonds. The minimum atomic E-state index is -0.399. The van der Waals surface area contributed by atoms with Crippen molar-refractivity contribution in [1.82, 2.24) is 9.88 Å². The maximum Gasteiger partial charge on any atom is 0.229 e. The van der Waals surface area contributed by atoms with Gasteiger partial charge in [-0.25, -0.2) is 9.37 Å². The monoisotopic (exact) mass is 364 g/mol. The van der Waals surface area contributed by atoms with Crippen LogP contribution in [0.2, 0.25) is 0 Å². The predicted octanol–water partition coefficient (Wildman–Crippen LogP) is 3.65. The molecule has 0 fully saturated rings. The Kier molecular flexibility index (Phi) is 5.27. The van der Waals surface area contributed by atoms with Crippen LogP contribution in [0.4, 0.5) is 4.39 Å². The summed E-state index contributed by atoms with van der Waals surface area (Å²) in [7, 11) is 3.55. The minimum Gasteiger partial charge on any atom is -0.433 e. The van der Waals surface area contributed by atoms with E-state index in [1.165, 1.54) is 24.3 Å². The second kappa shape index (κ2) is 7.17. The highest BCUT2D eigenvalue weighted by Gasteiger charge is 2.16. The molecular weight excluding hydrogens is 351 g/mol. The standard InChI is InChI=1S/C16H14BrFN2O2/c1-20(2)10-14(22-15-9-12(17)7-8-19-15)16(21)11-3-5-13(18)6-4-11/h3-10H,1-2H3. The minimum absolute atomic E-state index is 0.0993. The van der Waals surface area contributed by atoms with Gasteiger partial charge in [-0.15, -0.1) is 0 Å². The van der Waals surface area contributed by atoms with Gasteiger partial charge in [0, 0.05) is 42.6 Å². The summed E-state index contributed by atoms with van der Waals surface area (Å²) in [5.41, 5.74) is 0.337. The molecule has 2 aromatic rings. The van der Waals surface area contributed by atoms with E-state index < -0.39 is 5.82 Å². The number of hydrogen-bond acceptors (Lipinski definition) is 4. The molecule has 22 heavy (non-hydrogen) atoms. The van der Waals surface area contributed by atoms with Gasteiger partial charge in [0.2, 0.25) is 11.7 Å². The number of carbonyl (C=O) groups is 1. The van der Waals surface area contributed by atoms with E-state index in [2.05, 4.69) is 20.9 Å². The van der Waals surface area contributed by atoms with Crippen LogP contribution in [-0.2, 0) is 0 Å². The molecule has 0 aliphatic rings. The Labute approximate surface area is 136 Å². The van der Waals surface area contributed by atoms with E-state index in [1.54, 1.807) is 43.5 Å². The van der Waals surface area contributed by atoms with E-state index in [-0.39, 0.29) is 17.4 Å². The zero-order valence-electron chi connectivity index (χ0n) is 12.1. The number of nitrogens with zero attached hydrogens (tertiary/aromatic N) is 2. The number of ketones is 1. The number of halogens is 2. The molecule has 1 heterocycles. The Morgan fingerprint density at radius 2 is 1.95 bits per heavy atom. The molecule has 0 bridgehead atoms. The van der Waals surface area contributed by atoms with E-state index in [0.29, 0.717) is 5.56 Å². The van der Waals surface area contributed by atoms with Crippen LogP contribution < -0.4 is 4.74 Å². The lowest BCUT2D eigenvalue weighted by molar-refractivity contribution is 0.0980. The van der Waals surface area contributed by atoms with Crippen molar-refractivity contribution in [1.29, 1.82) is 0 Å². The number of carbonyl (C=O) groups excluding carboxylic acids is 1. The third-order valence-corrected chi connectivity index (χ3v) is 3.11. The normalized spacial score (nSPS) is 11.2. The van der Waals surface area contributed by atoms with Crippen molar-refractivity contribution in [2.24, 2.45) is 0 Å². The summed E-state index contributed by atoms with van der Waals surface area (Å²) in [4.78, 5) is 18.2. The topological polar surface area (TPSA) is 42.4 Å². The Hall–Kier alpha value is -2.21. The van der Waals surface area contributed by atoms with Crippen LogP contribution in [0.3, 0.4) is 0 Å².